The van der Waals surface area contributed by atoms with Crippen molar-refractivity contribution in [2.75, 3.05) is 6.54 Å². The van der Waals surface area contributed by atoms with Crippen LogP contribution in [0.3, 0.4) is 0 Å². The van der Waals surface area contributed by atoms with Crippen LogP contribution < -0.4 is 5.32 Å². The van der Waals surface area contributed by atoms with Crippen molar-refractivity contribution in [1.29, 1.82) is 0 Å². The SMILES string of the molecule is CCNCc1cnn(Cc2ccc(F)c(Cl)c2)c1. The van der Waals surface area contributed by atoms with Crippen molar-refractivity contribution in [2.24, 2.45) is 0 Å². The van der Waals surface area contributed by atoms with E-state index in [0.29, 0.717) is 6.54 Å². The van der Waals surface area contributed by atoms with Gasteiger partial charge in [-0.3, -0.25) is 4.68 Å². The van der Waals surface area contributed by atoms with E-state index < -0.39 is 5.82 Å². The smallest absolute Gasteiger partial charge is 0.141 e. The first kappa shape index (κ1) is 13.1. The Bertz CT molecular complexity index is 525. The van der Waals surface area contributed by atoms with Crippen LogP contribution in [-0.4, -0.2) is 16.3 Å². The van der Waals surface area contributed by atoms with Crippen molar-refractivity contribution in [2.45, 2.75) is 20.0 Å². The molecule has 0 fully saturated rings. The standard InChI is InChI=1S/C13H15ClFN3/c1-2-16-6-11-7-17-18(9-11)8-10-3-4-13(15)12(14)5-10/h3-5,7,9,16H,2,6,8H2,1H3. The Hall–Kier alpha value is -1.39. The van der Waals surface area contributed by atoms with E-state index in [1.54, 1.807) is 12.1 Å². The predicted molar refractivity (Wildman–Crippen MR) is 70.1 cm³/mol. The van der Waals surface area contributed by atoms with Gasteiger partial charge in [-0.1, -0.05) is 24.6 Å². The third kappa shape index (κ3) is 3.31. The fourth-order valence-corrected chi connectivity index (χ4v) is 1.88. The van der Waals surface area contributed by atoms with Gasteiger partial charge in [0.25, 0.3) is 0 Å². The van der Waals surface area contributed by atoms with Crippen LogP contribution in [0, 0.1) is 5.82 Å². The molecule has 2 rings (SSSR count). The van der Waals surface area contributed by atoms with Gasteiger partial charge in [-0.15, -0.1) is 0 Å². The van der Waals surface area contributed by atoms with E-state index >= 15 is 0 Å². The third-order valence-electron chi connectivity index (χ3n) is 2.59. The minimum absolute atomic E-state index is 0.146. The summed E-state index contributed by atoms with van der Waals surface area (Å²) < 4.78 is 14.8. The first-order chi connectivity index (χ1) is 8.69. The van der Waals surface area contributed by atoms with E-state index in [4.69, 9.17) is 11.6 Å². The van der Waals surface area contributed by atoms with Crippen molar-refractivity contribution >= 4 is 11.6 Å². The maximum atomic E-state index is 13.0. The van der Waals surface area contributed by atoms with Gasteiger partial charge >= 0.3 is 0 Å². The Morgan fingerprint density at radius 3 is 2.94 bits per heavy atom. The number of nitrogens with one attached hydrogen (secondary N) is 1. The van der Waals surface area contributed by atoms with Gasteiger partial charge in [-0.05, 0) is 24.2 Å². The van der Waals surface area contributed by atoms with E-state index in [2.05, 4.69) is 17.3 Å². The molecule has 5 heteroatoms. The summed E-state index contributed by atoms with van der Waals surface area (Å²) in [6.07, 6.45) is 3.80. The fourth-order valence-electron chi connectivity index (χ4n) is 1.68. The van der Waals surface area contributed by atoms with Crippen LogP contribution in [0.5, 0.6) is 0 Å². The van der Waals surface area contributed by atoms with Crippen LogP contribution >= 0.6 is 11.6 Å². The Kier molecular flexibility index (Phi) is 4.33. The summed E-state index contributed by atoms with van der Waals surface area (Å²) in [6, 6.07) is 4.72. The molecule has 0 aliphatic heterocycles. The normalized spacial score (nSPS) is 10.8. The zero-order valence-electron chi connectivity index (χ0n) is 10.2. The monoisotopic (exact) mass is 267 g/mol. The van der Waals surface area contributed by atoms with Gasteiger partial charge in [0.2, 0.25) is 0 Å². The van der Waals surface area contributed by atoms with Gasteiger partial charge in [0.05, 0.1) is 17.8 Å². The molecule has 0 spiro atoms. The van der Waals surface area contributed by atoms with Crippen LogP contribution in [0.15, 0.2) is 30.6 Å². The van der Waals surface area contributed by atoms with E-state index in [-0.39, 0.29) is 5.02 Å². The summed E-state index contributed by atoms with van der Waals surface area (Å²) in [6.45, 7) is 4.39. The molecule has 1 N–H and O–H groups in total. The second-order valence-corrected chi connectivity index (χ2v) is 4.48. The third-order valence-corrected chi connectivity index (χ3v) is 2.88. The predicted octanol–water partition coefficient (Wildman–Crippen LogP) is 2.83. The molecule has 1 aromatic heterocycles. The Morgan fingerprint density at radius 2 is 2.22 bits per heavy atom. The molecular formula is C13H15ClFN3. The van der Waals surface area contributed by atoms with Gasteiger partial charge < -0.3 is 5.32 Å². The lowest BCUT2D eigenvalue weighted by molar-refractivity contribution is 0.625. The lowest BCUT2D eigenvalue weighted by atomic mass is 10.2. The highest BCUT2D eigenvalue weighted by Crippen LogP contribution is 2.16. The molecule has 0 bridgehead atoms. The lowest BCUT2D eigenvalue weighted by Gasteiger charge is -2.03. The minimum Gasteiger partial charge on any atom is -0.313 e. The molecule has 0 saturated heterocycles. The summed E-state index contributed by atoms with van der Waals surface area (Å²) in [5, 5.41) is 7.64. The van der Waals surface area contributed by atoms with Crippen LogP contribution in [-0.2, 0) is 13.1 Å². The van der Waals surface area contributed by atoms with Gasteiger partial charge in [0.15, 0.2) is 0 Å². The number of hydrogen-bond donors (Lipinski definition) is 1. The zero-order chi connectivity index (χ0) is 13.0. The summed E-state index contributed by atoms with van der Waals surface area (Å²) in [4.78, 5) is 0. The maximum Gasteiger partial charge on any atom is 0.141 e. The van der Waals surface area contributed by atoms with Crippen molar-refractivity contribution in [3.8, 4) is 0 Å². The number of rotatable bonds is 5. The summed E-state index contributed by atoms with van der Waals surface area (Å²) in [7, 11) is 0. The molecule has 0 amide bonds. The minimum atomic E-state index is -0.395. The Morgan fingerprint density at radius 1 is 1.39 bits per heavy atom. The fraction of sp³-hybridized carbons (Fsp3) is 0.308. The quantitative estimate of drug-likeness (QED) is 0.903. The second-order valence-electron chi connectivity index (χ2n) is 4.07. The first-order valence-electron chi connectivity index (χ1n) is 5.85. The zero-order valence-corrected chi connectivity index (χ0v) is 10.9. The maximum absolute atomic E-state index is 13.0. The average molecular weight is 268 g/mol. The van der Waals surface area contributed by atoms with E-state index in [9.17, 15) is 4.39 Å². The number of benzene rings is 1. The van der Waals surface area contributed by atoms with Crippen molar-refractivity contribution < 1.29 is 4.39 Å². The second kappa shape index (κ2) is 5.98. The highest BCUT2D eigenvalue weighted by atomic mass is 35.5. The highest BCUT2D eigenvalue weighted by Gasteiger charge is 2.03. The molecule has 2 aromatic rings. The van der Waals surface area contributed by atoms with Gasteiger partial charge in [-0.2, -0.15) is 5.10 Å². The topological polar surface area (TPSA) is 29.9 Å². The molecule has 0 saturated carbocycles. The van der Waals surface area contributed by atoms with Gasteiger partial charge in [0.1, 0.15) is 5.82 Å². The molecule has 0 aliphatic rings. The highest BCUT2D eigenvalue weighted by molar-refractivity contribution is 6.30. The van der Waals surface area contributed by atoms with Crippen molar-refractivity contribution in [1.82, 2.24) is 15.1 Å². The van der Waals surface area contributed by atoms with Crippen LogP contribution in [0.1, 0.15) is 18.1 Å². The average Bonchev–Trinajstić information content (AvgIpc) is 2.79. The van der Waals surface area contributed by atoms with E-state index in [0.717, 1.165) is 24.2 Å². The molecule has 96 valence electrons. The van der Waals surface area contributed by atoms with Crippen molar-refractivity contribution in [3.05, 3.63) is 52.6 Å². The Labute approximate surface area is 111 Å². The number of hydrogen-bond acceptors (Lipinski definition) is 2. The number of nitrogens with zero attached hydrogens (tertiary/aromatic N) is 2. The summed E-state index contributed by atoms with van der Waals surface area (Å²) in [5.41, 5.74) is 2.06. The van der Waals surface area contributed by atoms with Crippen LogP contribution in [0.4, 0.5) is 4.39 Å². The van der Waals surface area contributed by atoms with E-state index in [1.807, 2.05) is 17.1 Å². The van der Waals surface area contributed by atoms with Crippen molar-refractivity contribution in [3.63, 3.8) is 0 Å². The molecule has 1 aromatic carbocycles. The molecule has 18 heavy (non-hydrogen) atoms. The number of aromatic nitrogens is 2. The Balaban J connectivity index is 2.04. The molecule has 3 nitrogen and oxygen atoms in total. The molecule has 0 aliphatic carbocycles. The molecule has 1 heterocycles. The van der Waals surface area contributed by atoms with Crippen LogP contribution in [0.2, 0.25) is 5.02 Å². The largest absolute Gasteiger partial charge is 0.313 e. The van der Waals surface area contributed by atoms with Gasteiger partial charge in [-0.25, -0.2) is 4.39 Å². The summed E-state index contributed by atoms with van der Waals surface area (Å²) >= 11 is 5.74. The van der Waals surface area contributed by atoms with Crippen LogP contribution in [0.25, 0.3) is 0 Å². The lowest BCUT2D eigenvalue weighted by Crippen LogP contribution is -2.11. The first-order valence-corrected chi connectivity index (χ1v) is 6.23. The molecule has 0 radical (unpaired) electrons. The molecular weight excluding hydrogens is 253 g/mol. The summed E-state index contributed by atoms with van der Waals surface area (Å²) in [5.74, 6) is -0.395. The number of halogens is 2. The van der Waals surface area contributed by atoms with E-state index in [1.165, 1.54) is 6.07 Å². The van der Waals surface area contributed by atoms with Gasteiger partial charge in [0, 0.05) is 18.3 Å². The molecule has 0 unspecified atom stereocenters. The molecule has 0 atom stereocenters.